The van der Waals surface area contributed by atoms with Crippen LogP contribution in [0.2, 0.25) is 0 Å². The average molecular weight is 337 g/mol. The van der Waals surface area contributed by atoms with E-state index in [9.17, 15) is 21.2 Å². The van der Waals surface area contributed by atoms with Crippen LogP contribution in [0.3, 0.4) is 0 Å². The van der Waals surface area contributed by atoms with Gasteiger partial charge in [-0.2, -0.15) is 4.31 Å². The van der Waals surface area contributed by atoms with Gasteiger partial charge in [0.05, 0.1) is 23.5 Å². The lowest BCUT2D eigenvalue weighted by Gasteiger charge is -2.22. The van der Waals surface area contributed by atoms with Crippen LogP contribution in [0, 0.1) is 5.82 Å². The number of sulfonamides is 1. The van der Waals surface area contributed by atoms with Gasteiger partial charge < -0.3 is 4.74 Å². The molecule has 1 unspecified atom stereocenters. The van der Waals surface area contributed by atoms with Crippen LogP contribution in [-0.2, 0) is 19.9 Å². The van der Waals surface area contributed by atoms with Crippen LogP contribution in [0.1, 0.15) is 6.42 Å². The van der Waals surface area contributed by atoms with Crippen LogP contribution in [0.5, 0.6) is 5.75 Å². The van der Waals surface area contributed by atoms with E-state index in [1.807, 2.05) is 0 Å². The smallest absolute Gasteiger partial charge is 0.243 e. The Morgan fingerprint density at radius 3 is 2.52 bits per heavy atom. The minimum absolute atomic E-state index is 0.0332. The Kier molecular flexibility index (Phi) is 4.27. The van der Waals surface area contributed by atoms with Crippen molar-refractivity contribution in [2.24, 2.45) is 0 Å². The second-order valence-corrected chi connectivity index (χ2v) is 9.10. The summed E-state index contributed by atoms with van der Waals surface area (Å²) in [5.74, 6) is -1.08. The molecule has 0 radical (unpaired) electrons. The molecule has 0 aromatic heterocycles. The lowest BCUT2D eigenvalue weighted by molar-refractivity contribution is 0.383. The van der Waals surface area contributed by atoms with Crippen molar-refractivity contribution in [2.75, 3.05) is 25.7 Å². The molecule has 0 amide bonds. The Morgan fingerprint density at radius 2 is 2.05 bits per heavy atom. The molecular weight excluding hydrogens is 321 g/mol. The van der Waals surface area contributed by atoms with Crippen LogP contribution in [-0.4, -0.2) is 52.8 Å². The van der Waals surface area contributed by atoms with Gasteiger partial charge in [0.15, 0.2) is 21.4 Å². The molecule has 1 fully saturated rings. The van der Waals surface area contributed by atoms with E-state index in [2.05, 4.69) is 0 Å². The summed E-state index contributed by atoms with van der Waals surface area (Å²) in [5.41, 5.74) is 0. The predicted octanol–water partition coefficient (Wildman–Crippen LogP) is 0.642. The molecule has 1 aromatic carbocycles. The third-order valence-electron chi connectivity index (χ3n) is 3.52. The largest absolute Gasteiger partial charge is 0.494 e. The zero-order valence-corrected chi connectivity index (χ0v) is 13.2. The van der Waals surface area contributed by atoms with E-state index in [0.29, 0.717) is 0 Å². The van der Waals surface area contributed by atoms with E-state index < -0.39 is 31.7 Å². The van der Waals surface area contributed by atoms with Crippen molar-refractivity contribution >= 4 is 19.9 Å². The molecule has 1 saturated heterocycles. The summed E-state index contributed by atoms with van der Waals surface area (Å²) in [6.45, 7) is 0. The summed E-state index contributed by atoms with van der Waals surface area (Å²) in [7, 11) is -4.56. The highest BCUT2D eigenvalue weighted by atomic mass is 32.2. The number of methoxy groups -OCH3 is 1. The molecule has 0 bridgehead atoms. The summed E-state index contributed by atoms with van der Waals surface area (Å²) in [5, 5.41) is 0. The number of hydrogen-bond acceptors (Lipinski definition) is 5. The SMILES string of the molecule is COc1ccc(S(=O)(=O)N(C)C2CCS(=O)(=O)C2)cc1F. The van der Waals surface area contributed by atoms with Crippen LogP contribution in [0.4, 0.5) is 4.39 Å². The van der Waals surface area contributed by atoms with Gasteiger partial charge in [0.2, 0.25) is 10.0 Å². The fourth-order valence-electron chi connectivity index (χ4n) is 2.23. The van der Waals surface area contributed by atoms with Gasteiger partial charge in [0.25, 0.3) is 0 Å². The van der Waals surface area contributed by atoms with Gasteiger partial charge in [-0.15, -0.1) is 0 Å². The van der Waals surface area contributed by atoms with Gasteiger partial charge in [0.1, 0.15) is 0 Å². The van der Waals surface area contributed by atoms with Gasteiger partial charge in [-0.05, 0) is 24.6 Å². The molecular formula is C12H16FNO5S2. The highest BCUT2D eigenvalue weighted by molar-refractivity contribution is 7.92. The monoisotopic (exact) mass is 337 g/mol. The van der Waals surface area contributed by atoms with Gasteiger partial charge in [-0.3, -0.25) is 0 Å². The Labute approximate surface area is 123 Å². The Morgan fingerprint density at radius 1 is 1.38 bits per heavy atom. The summed E-state index contributed by atoms with van der Waals surface area (Å²) >= 11 is 0. The molecule has 1 heterocycles. The fraction of sp³-hybridized carbons (Fsp3) is 0.500. The number of sulfone groups is 1. The van der Waals surface area contributed by atoms with E-state index in [4.69, 9.17) is 4.74 Å². The summed E-state index contributed by atoms with van der Waals surface area (Å²) in [4.78, 5) is -0.229. The van der Waals surface area contributed by atoms with Crippen molar-refractivity contribution in [3.63, 3.8) is 0 Å². The van der Waals surface area contributed by atoms with Gasteiger partial charge in [-0.25, -0.2) is 21.2 Å². The van der Waals surface area contributed by atoms with Gasteiger partial charge in [0, 0.05) is 13.1 Å². The van der Waals surface area contributed by atoms with E-state index in [1.54, 1.807) is 0 Å². The number of benzene rings is 1. The maximum atomic E-state index is 13.6. The zero-order valence-electron chi connectivity index (χ0n) is 11.6. The second kappa shape index (κ2) is 5.54. The lowest BCUT2D eigenvalue weighted by atomic mass is 10.3. The molecule has 1 aromatic rings. The second-order valence-electron chi connectivity index (χ2n) is 4.87. The molecule has 118 valence electrons. The minimum Gasteiger partial charge on any atom is -0.494 e. The normalized spacial score (nSPS) is 21.6. The Balaban J connectivity index is 2.31. The minimum atomic E-state index is -3.95. The van der Waals surface area contributed by atoms with E-state index >= 15 is 0 Å². The lowest BCUT2D eigenvalue weighted by Crippen LogP contribution is -2.37. The van der Waals surface area contributed by atoms with Crippen LogP contribution >= 0.6 is 0 Å². The standard InChI is InChI=1S/C12H16FNO5S2/c1-14(9-5-6-20(15,16)8-9)21(17,18)10-3-4-12(19-2)11(13)7-10/h3-4,7,9H,5-6,8H2,1-2H3. The van der Waals surface area contributed by atoms with Crippen molar-refractivity contribution in [1.29, 1.82) is 0 Å². The van der Waals surface area contributed by atoms with Gasteiger partial charge in [-0.1, -0.05) is 0 Å². The van der Waals surface area contributed by atoms with Crippen molar-refractivity contribution < 1.29 is 26.0 Å². The van der Waals surface area contributed by atoms with Crippen LogP contribution < -0.4 is 4.74 Å². The van der Waals surface area contributed by atoms with Crippen molar-refractivity contribution in [2.45, 2.75) is 17.4 Å². The number of hydrogen-bond donors (Lipinski definition) is 0. The molecule has 6 nitrogen and oxygen atoms in total. The topological polar surface area (TPSA) is 80.8 Å². The number of rotatable bonds is 4. The van der Waals surface area contributed by atoms with E-state index in [-0.39, 0.29) is 28.6 Å². The Bertz CT molecular complexity index is 745. The molecule has 0 spiro atoms. The third-order valence-corrected chi connectivity index (χ3v) is 7.18. The molecule has 2 rings (SSSR count). The first-order valence-corrected chi connectivity index (χ1v) is 9.45. The van der Waals surface area contributed by atoms with Crippen LogP contribution in [0.15, 0.2) is 23.1 Å². The highest BCUT2D eigenvalue weighted by Crippen LogP contribution is 2.26. The predicted molar refractivity (Wildman–Crippen MR) is 75.0 cm³/mol. The first-order chi connectivity index (χ1) is 9.67. The molecule has 21 heavy (non-hydrogen) atoms. The summed E-state index contributed by atoms with van der Waals surface area (Å²) in [6.07, 6.45) is 0.247. The number of nitrogens with zero attached hydrogens (tertiary/aromatic N) is 1. The van der Waals surface area contributed by atoms with E-state index in [1.165, 1.54) is 26.3 Å². The molecule has 1 aliphatic rings. The molecule has 1 aliphatic heterocycles. The summed E-state index contributed by atoms with van der Waals surface area (Å²) in [6, 6.07) is 2.71. The first kappa shape index (κ1) is 16.2. The molecule has 0 aliphatic carbocycles. The first-order valence-electron chi connectivity index (χ1n) is 6.19. The molecule has 0 saturated carbocycles. The fourth-order valence-corrected chi connectivity index (χ4v) is 5.50. The van der Waals surface area contributed by atoms with Gasteiger partial charge >= 0.3 is 0 Å². The zero-order chi connectivity index (χ0) is 15.8. The highest BCUT2D eigenvalue weighted by Gasteiger charge is 2.36. The number of halogens is 1. The third kappa shape index (κ3) is 3.19. The van der Waals surface area contributed by atoms with E-state index in [0.717, 1.165) is 10.4 Å². The van der Waals surface area contributed by atoms with Crippen molar-refractivity contribution in [3.05, 3.63) is 24.0 Å². The Hall–Kier alpha value is -1.19. The maximum absolute atomic E-state index is 13.6. The van der Waals surface area contributed by atoms with Crippen LogP contribution in [0.25, 0.3) is 0 Å². The average Bonchev–Trinajstić information content (AvgIpc) is 2.77. The molecule has 1 atom stereocenters. The molecule has 9 heteroatoms. The van der Waals surface area contributed by atoms with Crippen molar-refractivity contribution in [1.82, 2.24) is 4.31 Å². The number of ether oxygens (including phenoxy) is 1. The summed E-state index contributed by atoms with van der Waals surface area (Å²) < 4.78 is 67.1. The molecule has 0 N–H and O–H groups in total. The quantitative estimate of drug-likeness (QED) is 0.805. The van der Waals surface area contributed by atoms with Crippen molar-refractivity contribution in [3.8, 4) is 5.75 Å². The maximum Gasteiger partial charge on any atom is 0.243 e.